The Labute approximate surface area is 118 Å². The number of hydrogen-bond donors (Lipinski definition) is 1. The van der Waals surface area contributed by atoms with Crippen LogP contribution in [0.1, 0.15) is 32.1 Å². The summed E-state index contributed by atoms with van der Waals surface area (Å²) in [7, 11) is 0. The Kier molecular flexibility index (Phi) is 4.42. The summed E-state index contributed by atoms with van der Waals surface area (Å²) in [5.41, 5.74) is 3.32. The maximum Gasteiger partial charge on any atom is 0.330 e. The van der Waals surface area contributed by atoms with E-state index in [0.717, 1.165) is 18.4 Å². The summed E-state index contributed by atoms with van der Waals surface area (Å²) < 4.78 is 5.41. The number of allylic oxidation sites excluding steroid dienone is 1. The lowest BCUT2D eigenvalue weighted by atomic mass is 9.86. The third kappa shape index (κ3) is 2.84. The molecule has 3 unspecified atom stereocenters. The Bertz CT molecular complexity index is 475. The second-order valence-electron chi connectivity index (χ2n) is 5.42. The molecule has 20 heavy (non-hydrogen) atoms. The van der Waals surface area contributed by atoms with Gasteiger partial charge < -0.3 is 9.84 Å². The van der Waals surface area contributed by atoms with Crippen LogP contribution in [0.3, 0.4) is 0 Å². The smallest absolute Gasteiger partial charge is 0.330 e. The van der Waals surface area contributed by atoms with Crippen LogP contribution in [0.4, 0.5) is 0 Å². The number of ether oxygens (including phenoxy) is 1. The van der Waals surface area contributed by atoms with Crippen LogP contribution in [0.15, 0.2) is 36.5 Å². The molecular weight excluding hydrogens is 256 g/mol. The first kappa shape index (κ1) is 14.6. The molecule has 0 spiro atoms. The zero-order valence-electron chi connectivity index (χ0n) is 11.5. The fraction of sp³-hybridized carbons (Fsp3) is 0.500. The van der Waals surface area contributed by atoms with Gasteiger partial charge in [0, 0.05) is 24.5 Å². The van der Waals surface area contributed by atoms with Gasteiger partial charge in [-0.2, -0.15) is 0 Å². The largest absolute Gasteiger partial charge is 0.478 e. The fourth-order valence-corrected chi connectivity index (χ4v) is 3.67. The topological polar surface area (TPSA) is 63.6 Å². The average Bonchev–Trinajstić information content (AvgIpc) is 3.10. The third-order valence-electron chi connectivity index (χ3n) is 4.40. The molecule has 3 rings (SSSR count). The standard InChI is InChI=1S/C13H16O2.C3H4O2/c1-2-13(14)15-12-7-8-6-11(12)10-5-3-4-9(8)10;1-2-3(4)5/h2,10-12H,1,3-7H2;2H,1H2,(H,4,5). The lowest BCUT2D eigenvalue weighted by molar-refractivity contribution is -0.145. The van der Waals surface area contributed by atoms with Gasteiger partial charge in [-0.05, 0) is 31.6 Å². The summed E-state index contributed by atoms with van der Waals surface area (Å²) in [6, 6.07) is 0. The Hall–Kier alpha value is -1.84. The van der Waals surface area contributed by atoms with Gasteiger partial charge in [0.1, 0.15) is 6.10 Å². The molecule has 4 nitrogen and oxygen atoms in total. The Morgan fingerprint density at radius 3 is 2.55 bits per heavy atom. The van der Waals surface area contributed by atoms with Crippen molar-refractivity contribution in [3.8, 4) is 0 Å². The van der Waals surface area contributed by atoms with E-state index in [1.165, 1.54) is 31.8 Å². The van der Waals surface area contributed by atoms with Crippen molar-refractivity contribution in [1.29, 1.82) is 0 Å². The van der Waals surface area contributed by atoms with Crippen molar-refractivity contribution < 1.29 is 19.4 Å². The van der Waals surface area contributed by atoms with Crippen LogP contribution in [0.5, 0.6) is 0 Å². The highest BCUT2D eigenvalue weighted by Gasteiger charge is 2.48. The van der Waals surface area contributed by atoms with Crippen molar-refractivity contribution in [3.63, 3.8) is 0 Å². The third-order valence-corrected chi connectivity index (χ3v) is 4.40. The number of carbonyl (C=O) groups is 2. The van der Waals surface area contributed by atoms with E-state index in [0.29, 0.717) is 5.92 Å². The summed E-state index contributed by atoms with van der Waals surface area (Å²) in [5, 5.41) is 7.60. The molecule has 0 aromatic heterocycles. The first-order chi connectivity index (χ1) is 9.56. The van der Waals surface area contributed by atoms with Gasteiger partial charge in [-0.1, -0.05) is 24.3 Å². The molecule has 4 heteroatoms. The van der Waals surface area contributed by atoms with Gasteiger partial charge in [0.15, 0.2) is 0 Å². The quantitative estimate of drug-likeness (QED) is 0.489. The number of hydrogen-bond acceptors (Lipinski definition) is 3. The minimum atomic E-state index is -0.981. The molecule has 0 radical (unpaired) electrons. The van der Waals surface area contributed by atoms with Crippen molar-refractivity contribution in [2.45, 2.75) is 38.2 Å². The average molecular weight is 276 g/mol. The van der Waals surface area contributed by atoms with E-state index in [1.807, 2.05) is 0 Å². The maximum absolute atomic E-state index is 11.2. The van der Waals surface area contributed by atoms with Crippen molar-refractivity contribution in [2.24, 2.45) is 11.8 Å². The number of aliphatic carboxylic acids is 1. The molecule has 0 aliphatic heterocycles. The first-order valence-electron chi connectivity index (χ1n) is 6.96. The highest BCUT2D eigenvalue weighted by atomic mass is 16.5. The number of carboxylic acids is 1. The second kappa shape index (κ2) is 6.07. The molecule has 3 aliphatic carbocycles. The molecular formula is C16H20O4. The van der Waals surface area contributed by atoms with Crippen LogP contribution in [0, 0.1) is 11.8 Å². The summed E-state index contributed by atoms with van der Waals surface area (Å²) in [4.78, 5) is 20.4. The van der Waals surface area contributed by atoms with Crippen LogP contribution in [0.25, 0.3) is 0 Å². The predicted molar refractivity (Wildman–Crippen MR) is 75.0 cm³/mol. The normalized spacial score (nSPS) is 29.3. The number of rotatable bonds is 3. The Balaban J connectivity index is 0.000000257. The molecule has 0 heterocycles. The lowest BCUT2D eigenvalue weighted by Crippen LogP contribution is -2.27. The van der Waals surface area contributed by atoms with Crippen LogP contribution in [-0.2, 0) is 14.3 Å². The van der Waals surface area contributed by atoms with Gasteiger partial charge in [0.05, 0.1) is 0 Å². The van der Waals surface area contributed by atoms with Gasteiger partial charge in [-0.15, -0.1) is 0 Å². The van der Waals surface area contributed by atoms with Crippen LogP contribution < -0.4 is 0 Å². The molecule has 108 valence electrons. The highest BCUT2D eigenvalue weighted by Crippen LogP contribution is 2.55. The maximum atomic E-state index is 11.2. The summed E-state index contributed by atoms with van der Waals surface area (Å²) >= 11 is 0. The molecule has 2 bridgehead atoms. The van der Waals surface area contributed by atoms with Gasteiger partial charge in [0.25, 0.3) is 0 Å². The molecule has 2 saturated carbocycles. The summed E-state index contributed by atoms with van der Waals surface area (Å²) in [6.07, 6.45) is 8.39. The van der Waals surface area contributed by atoms with Crippen molar-refractivity contribution >= 4 is 11.9 Å². The Morgan fingerprint density at radius 2 is 1.95 bits per heavy atom. The number of esters is 1. The Morgan fingerprint density at radius 1 is 1.25 bits per heavy atom. The van der Waals surface area contributed by atoms with Gasteiger partial charge in [-0.25, -0.2) is 9.59 Å². The predicted octanol–water partition coefficient (Wildman–Crippen LogP) is 2.86. The van der Waals surface area contributed by atoms with Crippen LogP contribution in [0.2, 0.25) is 0 Å². The number of fused-ring (bicyclic) bond motifs is 4. The highest BCUT2D eigenvalue weighted by molar-refractivity contribution is 5.81. The lowest BCUT2D eigenvalue weighted by Gasteiger charge is -2.26. The van der Waals surface area contributed by atoms with Crippen molar-refractivity contribution in [1.82, 2.24) is 0 Å². The van der Waals surface area contributed by atoms with E-state index in [1.54, 1.807) is 11.1 Å². The molecule has 0 saturated heterocycles. The minimum Gasteiger partial charge on any atom is -0.478 e. The van der Waals surface area contributed by atoms with Gasteiger partial charge >= 0.3 is 11.9 Å². The van der Waals surface area contributed by atoms with E-state index < -0.39 is 5.97 Å². The molecule has 3 aliphatic rings. The second-order valence-corrected chi connectivity index (χ2v) is 5.42. The van der Waals surface area contributed by atoms with Gasteiger partial charge in [0.2, 0.25) is 0 Å². The zero-order chi connectivity index (χ0) is 14.7. The van der Waals surface area contributed by atoms with E-state index in [2.05, 4.69) is 13.2 Å². The monoisotopic (exact) mass is 276 g/mol. The molecule has 1 N–H and O–H groups in total. The molecule has 0 amide bonds. The fourth-order valence-electron chi connectivity index (χ4n) is 3.67. The molecule has 0 aromatic rings. The summed E-state index contributed by atoms with van der Waals surface area (Å²) in [5.74, 6) is 0.107. The van der Waals surface area contributed by atoms with E-state index in [4.69, 9.17) is 9.84 Å². The number of carbonyl (C=O) groups excluding carboxylic acids is 1. The van der Waals surface area contributed by atoms with E-state index in [-0.39, 0.29) is 12.1 Å². The molecule has 0 aromatic carbocycles. The van der Waals surface area contributed by atoms with E-state index >= 15 is 0 Å². The van der Waals surface area contributed by atoms with Crippen molar-refractivity contribution in [3.05, 3.63) is 36.5 Å². The molecule has 2 fully saturated rings. The zero-order valence-corrected chi connectivity index (χ0v) is 11.5. The molecule has 3 atom stereocenters. The van der Waals surface area contributed by atoms with Crippen LogP contribution >= 0.6 is 0 Å². The van der Waals surface area contributed by atoms with E-state index in [9.17, 15) is 9.59 Å². The SMILES string of the molecule is C=CC(=O)O.C=CC(=O)OC1CC2=C3CCCC3C1C2. The first-order valence-corrected chi connectivity index (χ1v) is 6.96. The minimum absolute atomic E-state index is 0.150. The van der Waals surface area contributed by atoms with Gasteiger partial charge in [-0.3, -0.25) is 0 Å². The number of carboxylic acid groups (broad SMARTS) is 1. The summed E-state index contributed by atoms with van der Waals surface area (Å²) in [6.45, 7) is 6.41. The van der Waals surface area contributed by atoms with Crippen molar-refractivity contribution in [2.75, 3.05) is 0 Å². The van der Waals surface area contributed by atoms with Crippen LogP contribution in [-0.4, -0.2) is 23.1 Å².